The highest BCUT2D eigenvalue weighted by Gasteiger charge is 2.35. The lowest BCUT2D eigenvalue weighted by Crippen LogP contribution is -2.33. The van der Waals surface area contributed by atoms with E-state index in [9.17, 15) is 18.0 Å². The molecule has 3 rings (SSSR count). The number of benzene rings is 2. The Kier molecular flexibility index (Phi) is 6.41. The number of aliphatic imine (C=N–C) groups is 1. The Bertz CT molecular complexity index is 969. The van der Waals surface area contributed by atoms with Crippen LogP contribution >= 0.6 is 0 Å². The molecular weight excluding hydrogens is 401 g/mol. The number of halogens is 3. The molecule has 1 aliphatic rings. The van der Waals surface area contributed by atoms with Crippen molar-refractivity contribution in [3.05, 3.63) is 64.9 Å². The average Bonchev–Trinajstić information content (AvgIpc) is 3.22. The third kappa shape index (κ3) is 5.38. The number of hydrogen-bond acceptors (Lipinski definition) is 6. The third-order valence-corrected chi connectivity index (χ3v) is 4.25. The Labute approximate surface area is 170 Å². The maximum atomic E-state index is 13.5. The number of carbonyl (C=O) groups excluding carboxylic acids is 1. The summed E-state index contributed by atoms with van der Waals surface area (Å²) in [7, 11) is 1.24. The van der Waals surface area contributed by atoms with Crippen molar-refractivity contribution in [2.24, 2.45) is 10.7 Å². The number of hydrogen-bond donors (Lipinski definition) is 1. The molecule has 9 heteroatoms. The summed E-state index contributed by atoms with van der Waals surface area (Å²) in [5.41, 5.74) is 5.83. The Balaban J connectivity index is 1.79. The molecule has 0 saturated carbocycles. The van der Waals surface area contributed by atoms with Crippen molar-refractivity contribution in [3.63, 3.8) is 0 Å². The summed E-state index contributed by atoms with van der Waals surface area (Å²) in [6.45, 7) is 0.152. The van der Waals surface area contributed by atoms with Crippen LogP contribution in [0.3, 0.4) is 0 Å². The second-order valence-corrected chi connectivity index (χ2v) is 6.46. The van der Waals surface area contributed by atoms with Crippen LogP contribution in [0.25, 0.3) is 6.08 Å². The molecule has 2 aromatic carbocycles. The molecule has 1 unspecified atom stereocenters. The first-order valence-corrected chi connectivity index (χ1v) is 8.92. The van der Waals surface area contributed by atoms with Gasteiger partial charge in [0.15, 0.2) is 6.73 Å². The molecule has 0 bridgehead atoms. The topological polar surface area (TPSA) is 83.1 Å². The van der Waals surface area contributed by atoms with Gasteiger partial charge >= 0.3 is 12.1 Å². The standard InChI is InChI=1S/C21H19F3N2O4/c1-28-20(27)18(25)10-13-2-5-15(6-3-13)30-19-7-4-14(8-16-11-26-12-29-16)9-17(19)21(22,23)24/h2-9,11,18H,10,12,25H2,1H3. The van der Waals surface area contributed by atoms with Crippen molar-refractivity contribution in [1.29, 1.82) is 0 Å². The maximum absolute atomic E-state index is 13.5. The van der Waals surface area contributed by atoms with Gasteiger partial charge in [-0.3, -0.25) is 4.79 Å². The third-order valence-electron chi connectivity index (χ3n) is 4.25. The minimum Gasteiger partial charge on any atom is -0.470 e. The molecule has 1 atom stereocenters. The molecule has 2 aromatic rings. The van der Waals surface area contributed by atoms with Crippen molar-refractivity contribution in [1.82, 2.24) is 0 Å². The largest absolute Gasteiger partial charge is 0.470 e. The maximum Gasteiger partial charge on any atom is 0.420 e. The summed E-state index contributed by atoms with van der Waals surface area (Å²) in [5, 5.41) is 0. The van der Waals surface area contributed by atoms with E-state index in [1.165, 1.54) is 43.7 Å². The zero-order chi connectivity index (χ0) is 21.7. The van der Waals surface area contributed by atoms with E-state index in [1.807, 2.05) is 0 Å². The first-order valence-electron chi connectivity index (χ1n) is 8.92. The molecule has 2 N–H and O–H groups in total. The molecule has 6 nitrogen and oxygen atoms in total. The molecule has 0 fully saturated rings. The predicted molar refractivity (Wildman–Crippen MR) is 104 cm³/mol. The monoisotopic (exact) mass is 420 g/mol. The Morgan fingerprint density at radius 2 is 2.00 bits per heavy atom. The van der Waals surface area contributed by atoms with Crippen LogP contribution in [0.2, 0.25) is 0 Å². The molecule has 30 heavy (non-hydrogen) atoms. The summed E-state index contributed by atoms with van der Waals surface area (Å²) in [6.07, 6.45) is -1.46. The van der Waals surface area contributed by atoms with Crippen LogP contribution in [-0.4, -0.2) is 32.1 Å². The summed E-state index contributed by atoms with van der Waals surface area (Å²) >= 11 is 0. The highest BCUT2D eigenvalue weighted by atomic mass is 19.4. The molecule has 1 aliphatic heterocycles. The molecule has 0 spiro atoms. The molecule has 0 radical (unpaired) electrons. The number of esters is 1. The lowest BCUT2D eigenvalue weighted by molar-refractivity contribution is -0.142. The minimum atomic E-state index is -4.61. The molecule has 158 valence electrons. The molecule has 0 saturated heterocycles. The molecule has 0 amide bonds. The van der Waals surface area contributed by atoms with E-state index in [1.54, 1.807) is 12.1 Å². The number of methoxy groups -OCH3 is 1. The van der Waals surface area contributed by atoms with Gasteiger partial charge in [0, 0.05) is 0 Å². The number of nitrogens with zero attached hydrogens (tertiary/aromatic N) is 1. The highest BCUT2D eigenvalue weighted by molar-refractivity contribution is 5.84. The van der Waals surface area contributed by atoms with Crippen LogP contribution in [0.5, 0.6) is 11.5 Å². The van der Waals surface area contributed by atoms with Gasteiger partial charge in [-0.25, -0.2) is 4.99 Å². The van der Waals surface area contributed by atoms with Crippen LogP contribution in [0, 0.1) is 0 Å². The van der Waals surface area contributed by atoms with E-state index < -0.39 is 23.8 Å². The van der Waals surface area contributed by atoms with Gasteiger partial charge in [-0.15, -0.1) is 0 Å². The zero-order valence-corrected chi connectivity index (χ0v) is 16.0. The van der Waals surface area contributed by atoms with E-state index in [4.69, 9.17) is 15.2 Å². The number of carbonyl (C=O) groups is 1. The second-order valence-electron chi connectivity index (χ2n) is 6.46. The summed E-state index contributed by atoms with van der Waals surface area (Å²) in [4.78, 5) is 15.2. The lowest BCUT2D eigenvalue weighted by atomic mass is 10.1. The van der Waals surface area contributed by atoms with Gasteiger partial charge in [0.1, 0.15) is 23.3 Å². The van der Waals surface area contributed by atoms with Crippen molar-refractivity contribution in [2.75, 3.05) is 13.8 Å². The molecule has 1 heterocycles. The second kappa shape index (κ2) is 9.00. The van der Waals surface area contributed by atoms with E-state index in [2.05, 4.69) is 9.73 Å². The summed E-state index contributed by atoms with van der Waals surface area (Å²) < 4.78 is 55.8. The first kappa shape index (κ1) is 21.4. The molecule has 0 aliphatic carbocycles. The Morgan fingerprint density at radius 3 is 2.60 bits per heavy atom. The fraction of sp³-hybridized carbons (Fsp3) is 0.238. The van der Waals surface area contributed by atoms with Gasteiger partial charge in [-0.05, 0) is 47.9 Å². The fourth-order valence-electron chi connectivity index (χ4n) is 2.78. The van der Waals surface area contributed by atoms with Crippen molar-refractivity contribution < 1.29 is 32.2 Å². The smallest absolute Gasteiger partial charge is 0.420 e. The normalized spacial score (nSPS) is 15.7. The Morgan fingerprint density at radius 1 is 1.27 bits per heavy atom. The highest BCUT2D eigenvalue weighted by Crippen LogP contribution is 2.39. The van der Waals surface area contributed by atoms with Gasteiger partial charge in [0.25, 0.3) is 0 Å². The number of nitrogens with two attached hydrogens (primary N) is 1. The number of rotatable bonds is 6. The van der Waals surface area contributed by atoms with Gasteiger partial charge < -0.3 is 19.9 Å². The van der Waals surface area contributed by atoms with Gasteiger partial charge in [0.05, 0.1) is 18.9 Å². The average molecular weight is 420 g/mol. The first-order chi connectivity index (χ1) is 14.3. The fourth-order valence-corrected chi connectivity index (χ4v) is 2.78. The SMILES string of the molecule is COC(=O)C(N)Cc1ccc(Oc2ccc(C=C3C=NCO3)cc2C(F)(F)F)cc1. The van der Waals surface area contributed by atoms with E-state index >= 15 is 0 Å². The zero-order valence-electron chi connectivity index (χ0n) is 16.0. The molecule has 0 aromatic heterocycles. The van der Waals surface area contributed by atoms with Gasteiger partial charge in [0.2, 0.25) is 0 Å². The van der Waals surface area contributed by atoms with Crippen molar-refractivity contribution in [3.8, 4) is 11.5 Å². The van der Waals surface area contributed by atoms with Crippen LogP contribution in [0.4, 0.5) is 13.2 Å². The van der Waals surface area contributed by atoms with Gasteiger partial charge in [-0.1, -0.05) is 18.2 Å². The number of allylic oxidation sites excluding steroid dienone is 1. The number of ether oxygens (including phenoxy) is 3. The Hall–Kier alpha value is -3.33. The number of alkyl halides is 3. The minimum absolute atomic E-state index is 0.152. The summed E-state index contributed by atoms with van der Waals surface area (Å²) in [5.74, 6) is -0.273. The van der Waals surface area contributed by atoms with Crippen LogP contribution in [0.1, 0.15) is 16.7 Å². The van der Waals surface area contributed by atoms with Crippen molar-refractivity contribution in [2.45, 2.75) is 18.6 Å². The van der Waals surface area contributed by atoms with E-state index in [0.717, 1.165) is 11.6 Å². The van der Waals surface area contributed by atoms with Crippen LogP contribution in [-0.2, 0) is 26.9 Å². The predicted octanol–water partition coefficient (Wildman–Crippen LogP) is 3.94. The van der Waals surface area contributed by atoms with Crippen molar-refractivity contribution >= 4 is 18.3 Å². The van der Waals surface area contributed by atoms with Gasteiger partial charge in [-0.2, -0.15) is 13.2 Å². The van der Waals surface area contributed by atoms with Crippen LogP contribution < -0.4 is 10.5 Å². The molecular formula is C21H19F3N2O4. The van der Waals surface area contributed by atoms with E-state index in [0.29, 0.717) is 11.3 Å². The van der Waals surface area contributed by atoms with Crippen LogP contribution in [0.15, 0.2) is 53.2 Å². The summed E-state index contributed by atoms with van der Waals surface area (Å²) in [6, 6.07) is 9.19. The van der Waals surface area contributed by atoms with E-state index in [-0.39, 0.29) is 24.7 Å². The quantitative estimate of drug-likeness (QED) is 0.716. The lowest BCUT2D eigenvalue weighted by Gasteiger charge is -2.15.